The van der Waals surface area contributed by atoms with Gasteiger partial charge in [-0.1, -0.05) is 0 Å². The largest absolute Gasteiger partial charge is 0.574 e. The number of carbonyl (C=O) groups is 1. The standard InChI is InChI=1S/C11H11F4NO4/c1-3-19-10(17)8-6(5-12)4-7(16-9(8)18-2)20-11(13,14)15/h4H,3,5H2,1-2H3. The normalized spacial score (nSPS) is 11.1. The number of ether oxygens (including phenoxy) is 3. The van der Waals surface area contributed by atoms with E-state index >= 15 is 0 Å². The van der Waals surface area contributed by atoms with Crippen LogP contribution in [0.3, 0.4) is 0 Å². The molecular formula is C11H11F4NO4. The maximum atomic E-state index is 12.9. The van der Waals surface area contributed by atoms with Crippen LogP contribution in [-0.2, 0) is 11.4 Å². The van der Waals surface area contributed by atoms with E-state index in [1.807, 2.05) is 0 Å². The Morgan fingerprint density at radius 2 is 2.05 bits per heavy atom. The number of hydrogen-bond acceptors (Lipinski definition) is 5. The summed E-state index contributed by atoms with van der Waals surface area (Å²) in [7, 11) is 1.07. The molecule has 0 fully saturated rings. The molecule has 0 atom stereocenters. The SMILES string of the molecule is CCOC(=O)c1c(CF)cc(OC(F)(F)F)nc1OC. The number of esters is 1. The van der Waals surface area contributed by atoms with Crippen molar-refractivity contribution in [1.82, 2.24) is 4.98 Å². The molecule has 0 aromatic carbocycles. The molecule has 0 spiro atoms. The van der Waals surface area contributed by atoms with Crippen molar-refractivity contribution in [3.8, 4) is 11.8 Å². The van der Waals surface area contributed by atoms with E-state index in [9.17, 15) is 22.4 Å². The van der Waals surface area contributed by atoms with Crippen molar-refractivity contribution in [1.29, 1.82) is 0 Å². The summed E-state index contributed by atoms with van der Waals surface area (Å²) >= 11 is 0. The molecular weight excluding hydrogens is 286 g/mol. The number of hydrogen-bond donors (Lipinski definition) is 0. The summed E-state index contributed by atoms with van der Waals surface area (Å²) in [5, 5.41) is 0. The van der Waals surface area contributed by atoms with Gasteiger partial charge in [-0.25, -0.2) is 9.18 Å². The summed E-state index contributed by atoms with van der Waals surface area (Å²) in [6.07, 6.45) is -4.99. The fourth-order valence-electron chi connectivity index (χ4n) is 1.39. The van der Waals surface area contributed by atoms with Gasteiger partial charge in [0.15, 0.2) is 0 Å². The van der Waals surface area contributed by atoms with Crippen LogP contribution in [0.15, 0.2) is 6.07 Å². The number of halogens is 4. The molecule has 5 nitrogen and oxygen atoms in total. The molecule has 1 heterocycles. The number of nitrogens with zero attached hydrogens (tertiary/aromatic N) is 1. The van der Waals surface area contributed by atoms with Gasteiger partial charge in [-0.3, -0.25) is 0 Å². The van der Waals surface area contributed by atoms with Crippen molar-refractivity contribution in [3.05, 3.63) is 17.2 Å². The molecule has 0 N–H and O–H groups in total. The van der Waals surface area contributed by atoms with E-state index < -0.39 is 30.8 Å². The molecule has 0 amide bonds. The van der Waals surface area contributed by atoms with Crippen LogP contribution in [0, 0.1) is 0 Å². The van der Waals surface area contributed by atoms with Crippen molar-refractivity contribution in [2.75, 3.05) is 13.7 Å². The molecule has 0 bridgehead atoms. The van der Waals surface area contributed by atoms with E-state index in [4.69, 9.17) is 0 Å². The molecule has 20 heavy (non-hydrogen) atoms. The van der Waals surface area contributed by atoms with Crippen LogP contribution in [0.2, 0.25) is 0 Å². The topological polar surface area (TPSA) is 57.7 Å². The number of carbonyl (C=O) groups excluding carboxylic acids is 1. The maximum Gasteiger partial charge on any atom is 0.574 e. The summed E-state index contributed by atoms with van der Waals surface area (Å²) in [5.74, 6) is -2.36. The monoisotopic (exact) mass is 297 g/mol. The summed E-state index contributed by atoms with van der Waals surface area (Å²) in [4.78, 5) is 15.0. The van der Waals surface area contributed by atoms with E-state index in [1.165, 1.54) is 6.92 Å². The molecule has 1 aromatic rings. The minimum Gasteiger partial charge on any atom is -0.480 e. The number of pyridine rings is 1. The predicted octanol–water partition coefficient (Wildman–Crippen LogP) is 2.64. The molecule has 0 aliphatic carbocycles. The zero-order valence-electron chi connectivity index (χ0n) is 10.6. The first-order valence-electron chi connectivity index (χ1n) is 5.39. The first kappa shape index (κ1) is 16.0. The van der Waals surface area contributed by atoms with Gasteiger partial charge in [0, 0.05) is 11.6 Å². The van der Waals surface area contributed by atoms with Crippen LogP contribution in [0.25, 0.3) is 0 Å². The Labute approximate surface area is 111 Å². The summed E-state index contributed by atoms with van der Waals surface area (Å²) in [6.45, 7) is 0.323. The average molecular weight is 297 g/mol. The molecule has 1 rings (SSSR count). The molecule has 0 saturated heterocycles. The first-order valence-corrected chi connectivity index (χ1v) is 5.39. The zero-order valence-corrected chi connectivity index (χ0v) is 10.6. The van der Waals surface area contributed by atoms with E-state index in [-0.39, 0.29) is 17.7 Å². The molecule has 0 radical (unpaired) electrons. The van der Waals surface area contributed by atoms with Crippen LogP contribution in [-0.4, -0.2) is 31.0 Å². The van der Waals surface area contributed by atoms with Crippen molar-refractivity contribution in [2.45, 2.75) is 20.0 Å². The smallest absolute Gasteiger partial charge is 0.480 e. The van der Waals surface area contributed by atoms with E-state index in [2.05, 4.69) is 19.2 Å². The van der Waals surface area contributed by atoms with Gasteiger partial charge in [-0.2, -0.15) is 4.98 Å². The lowest BCUT2D eigenvalue weighted by molar-refractivity contribution is -0.276. The second-order valence-corrected chi connectivity index (χ2v) is 3.41. The van der Waals surface area contributed by atoms with Crippen LogP contribution < -0.4 is 9.47 Å². The lowest BCUT2D eigenvalue weighted by Gasteiger charge is -2.14. The number of rotatable bonds is 5. The molecule has 1 aromatic heterocycles. The Balaban J connectivity index is 3.28. The highest BCUT2D eigenvalue weighted by atomic mass is 19.4. The maximum absolute atomic E-state index is 12.9. The van der Waals surface area contributed by atoms with Gasteiger partial charge >= 0.3 is 12.3 Å². The van der Waals surface area contributed by atoms with Crippen molar-refractivity contribution in [3.63, 3.8) is 0 Å². The Morgan fingerprint density at radius 3 is 2.50 bits per heavy atom. The van der Waals surface area contributed by atoms with E-state index in [0.29, 0.717) is 6.07 Å². The first-order chi connectivity index (χ1) is 9.32. The molecule has 112 valence electrons. The van der Waals surface area contributed by atoms with E-state index in [1.54, 1.807) is 0 Å². The molecule has 0 aliphatic rings. The van der Waals surface area contributed by atoms with Crippen LogP contribution >= 0.6 is 0 Å². The fraction of sp³-hybridized carbons (Fsp3) is 0.455. The number of aromatic nitrogens is 1. The number of methoxy groups -OCH3 is 1. The van der Waals surface area contributed by atoms with Gasteiger partial charge < -0.3 is 14.2 Å². The fourth-order valence-corrected chi connectivity index (χ4v) is 1.39. The molecule has 0 saturated carbocycles. The van der Waals surface area contributed by atoms with E-state index in [0.717, 1.165) is 7.11 Å². The molecule has 0 unspecified atom stereocenters. The zero-order chi connectivity index (χ0) is 15.3. The minimum atomic E-state index is -4.99. The highest BCUT2D eigenvalue weighted by Crippen LogP contribution is 2.29. The Hall–Kier alpha value is -2.06. The molecule has 9 heteroatoms. The minimum absolute atomic E-state index is 0.00845. The Bertz CT molecular complexity index is 465. The Morgan fingerprint density at radius 1 is 1.40 bits per heavy atom. The van der Waals surface area contributed by atoms with Crippen LogP contribution in [0.1, 0.15) is 22.8 Å². The predicted molar refractivity (Wildman–Crippen MR) is 58.2 cm³/mol. The third kappa shape index (κ3) is 3.97. The van der Waals surface area contributed by atoms with Gasteiger partial charge in [0.1, 0.15) is 12.2 Å². The lowest BCUT2D eigenvalue weighted by Crippen LogP contribution is -2.19. The Kier molecular flexibility index (Phi) is 5.12. The third-order valence-electron chi connectivity index (χ3n) is 2.08. The van der Waals surface area contributed by atoms with Crippen molar-refractivity contribution in [2.24, 2.45) is 0 Å². The summed E-state index contributed by atoms with van der Waals surface area (Å²) in [6, 6.07) is 0.669. The second kappa shape index (κ2) is 6.40. The van der Waals surface area contributed by atoms with Crippen molar-refractivity contribution >= 4 is 5.97 Å². The highest BCUT2D eigenvalue weighted by molar-refractivity contribution is 5.93. The van der Waals surface area contributed by atoms with Gasteiger partial charge in [0.05, 0.1) is 13.7 Å². The third-order valence-corrected chi connectivity index (χ3v) is 2.08. The number of alkyl halides is 4. The van der Waals surface area contributed by atoms with Crippen molar-refractivity contribution < 1.29 is 36.6 Å². The van der Waals surface area contributed by atoms with Gasteiger partial charge in [0.2, 0.25) is 11.8 Å². The van der Waals surface area contributed by atoms with Gasteiger partial charge in [-0.05, 0) is 6.92 Å². The van der Waals surface area contributed by atoms with Gasteiger partial charge in [-0.15, -0.1) is 13.2 Å². The highest BCUT2D eigenvalue weighted by Gasteiger charge is 2.33. The summed E-state index contributed by atoms with van der Waals surface area (Å²) < 4.78 is 62.1. The second-order valence-electron chi connectivity index (χ2n) is 3.41. The average Bonchev–Trinajstić information content (AvgIpc) is 2.35. The van der Waals surface area contributed by atoms with Crippen LogP contribution in [0.4, 0.5) is 17.6 Å². The molecule has 0 aliphatic heterocycles. The quantitative estimate of drug-likeness (QED) is 0.617. The summed E-state index contributed by atoms with van der Waals surface area (Å²) in [5.41, 5.74) is -0.735. The van der Waals surface area contributed by atoms with Crippen LogP contribution in [0.5, 0.6) is 11.8 Å². The lowest BCUT2D eigenvalue weighted by atomic mass is 10.1. The van der Waals surface area contributed by atoms with Gasteiger partial charge in [0.25, 0.3) is 0 Å².